The Morgan fingerprint density at radius 1 is 1.35 bits per heavy atom. The highest BCUT2D eigenvalue weighted by atomic mass is 32.2. The van der Waals surface area contributed by atoms with Crippen LogP contribution in [0, 0.1) is 0 Å². The molecular weight excluding hydrogens is 312 g/mol. The van der Waals surface area contributed by atoms with Gasteiger partial charge < -0.3 is 0 Å². The maximum absolute atomic E-state index is 12.1. The monoisotopic (exact) mass is 334 g/mol. The lowest BCUT2D eigenvalue weighted by atomic mass is 10.1. The zero-order chi connectivity index (χ0) is 16.3. The number of rotatable bonds is 6. The molecule has 2 N–H and O–H groups in total. The molecule has 7 heteroatoms. The number of sulfonamides is 1. The minimum absolute atomic E-state index is 0.325. The molecule has 23 heavy (non-hydrogen) atoms. The summed E-state index contributed by atoms with van der Waals surface area (Å²) in [4.78, 5) is 2.18. The van der Waals surface area contributed by atoms with Gasteiger partial charge in [0.15, 0.2) is 0 Å². The lowest BCUT2D eigenvalue weighted by Gasteiger charge is -2.16. The first-order chi connectivity index (χ1) is 11.1. The van der Waals surface area contributed by atoms with E-state index in [1.807, 2.05) is 43.5 Å². The molecule has 0 bridgehead atoms. The SMILES string of the molecule is CCNS(=O)(=O)C1CCN(Cc2cn[nH]c2-c2ccccc2)C1. The van der Waals surface area contributed by atoms with Crippen LogP contribution in [0.2, 0.25) is 0 Å². The van der Waals surface area contributed by atoms with Crippen LogP contribution in [0.1, 0.15) is 18.9 Å². The fraction of sp³-hybridized carbons (Fsp3) is 0.438. The van der Waals surface area contributed by atoms with Crippen molar-refractivity contribution in [1.29, 1.82) is 0 Å². The maximum atomic E-state index is 12.1. The van der Waals surface area contributed by atoms with Crippen LogP contribution < -0.4 is 4.72 Å². The molecular formula is C16H22N4O2S. The third-order valence-electron chi connectivity index (χ3n) is 4.19. The summed E-state index contributed by atoms with van der Waals surface area (Å²) in [6, 6.07) is 10.1. The van der Waals surface area contributed by atoms with Crippen molar-refractivity contribution < 1.29 is 8.42 Å². The van der Waals surface area contributed by atoms with Gasteiger partial charge in [-0.3, -0.25) is 10.00 Å². The Morgan fingerprint density at radius 2 is 2.13 bits per heavy atom. The van der Waals surface area contributed by atoms with Gasteiger partial charge in [0.05, 0.1) is 17.1 Å². The topological polar surface area (TPSA) is 78.1 Å². The fourth-order valence-electron chi connectivity index (χ4n) is 3.04. The zero-order valence-corrected chi connectivity index (χ0v) is 14.0. The predicted octanol–water partition coefficient (Wildman–Crippen LogP) is 1.59. The second-order valence-electron chi connectivity index (χ2n) is 5.82. The highest BCUT2D eigenvalue weighted by molar-refractivity contribution is 7.90. The van der Waals surface area contributed by atoms with Gasteiger partial charge in [0.25, 0.3) is 0 Å². The van der Waals surface area contributed by atoms with E-state index in [0.717, 1.165) is 23.4 Å². The molecule has 1 unspecified atom stereocenters. The van der Waals surface area contributed by atoms with Crippen molar-refractivity contribution in [2.75, 3.05) is 19.6 Å². The van der Waals surface area contributed by atoms with E-state index in [0.29, 0.717) is 26.1 Å². The first-order valence-corrected chi connectivity index (χ1v) is 9.43. The van der Waals surface area contributed by atoms with Crippen molar-refractivity contribution >= 4 is 10.0 Å². The average Bonchev–Trinajstić information content (AvgIpc) is 3.18. The van der Waals surface area contributed by atoms with Crippen molar-refractivity contribution in [3.63, 3.8) is 0 Å². The number of likely N-dealkylation sites (tertiary alicyclic amines) is 1. The third-order valence-corrected chi connectivity index (χ3v) is 6.14. The smallest absolute Gasteiger partial charge is 0.215 e. The number of hydrogen-bond acceptors (Lipinski definition) is 4. The molecule has 2 aromatic rings. The molecule has 3 rings (SSSR count). The van der Waals surface area contributed by atoms with Gasteiger partial charge in [-0.2, -0.15) is 5.10 Å². The Hall–Kier alpha value is -1.70. The summed E-state index contributed by atoms with van der Waals surface area (Å²) >= 11 is 0. The van der Waals surface area contributed by atoms with Gasteiger partial charge in [-0.05, 0) is 18.5 Å². The Kier molecular flexibility index (Phi) is 4.79. The van der Waals surface area contributed by atoms with Crippen molar-refractivity contribution in [3.05, 3.63) is 42.1 Å². The molecule has 0 aliphatic carbocycles. The van der Waals surface area contributed by atoms with Gasteiger partial charge in [-0.25, -0.2) is 13.1 Å². The van der Waals surface area contributed by atoms with Crippen molar-refractivity contribution in [2.45, 2.75) is 25.1 Å². The van der Waals surface area contributed by atoms with Gasteiger partial charge in [0.2, 0.25) is 10.0 Å². The van der Waals surface area contributed by atoms with Crippen LogP contribution in [0.15, 0.2) is 36.5 Å². The summed E-state index contributed by atoms with van der Waals surface area (Å²) in [5.41, 5.74) is 3.19. The molecule has 1 aromatic heterocycles. The number of aromatic nitrogens is 2. The van der Waals surface area contributed by atoms with E-state index < -0.39 is 10.0 Å². The highest BCUT2D eigenvalue weighted by Gasteiger charge is 2.32. The van der Waals surface area contributed by atoms with Gasteiger partial charge >= 0.3 is 0 Å². The van der Waals surface area contributed by atoms with Crippen LogP contribution in [0.25, 0.3) is 11.3 Å². The van der Waals surface area contributed by atoms with Gasteiger partial charge in [-0.15, -0.1) is 0 Å². The van der Waals surface area contributed by atoms with Gasteiger partial charge in [0.1, 0.15) is 0 Å². The lowest BCUT2D eigenvalue weighted by Crippen LogP contribution is -2.36. The van der Waals surface area contributed by atoms with E-state index in [2.05, 4.69) is 19.8 Å². The van der Waals surface area contributed by atoms with E-state index in [9.17, 15) is 8.42 Å². The number of nitrogens with one attached hydrogen (secondary N) is 2. The van der Waals surface area contributed by atoms with Crippen molar-refractivity contribution in [2.24, 2.45) is 0 Å². The zero-order valence-electron chi connectivity index (χ0n) is 13.2. The Morgan fingerprint density at radius 3 is 2.87 bits per heavy atom. The summed E-state index contributed by atoms with van der Waals surface area (Å²) in [7, 11) is -3.20. The summed E-state index contributed by atoms with van der Waals surface area (Å²) in [5, 5.41) is 6.88. The van der Waals surface area contributed by atoms with E-state index in [1.165, 1.54) is 0 Å². The summed E-state index contributed by atoms with van der Waals surface area (Å²) in [5.74, 6) is 0. The minimum Gasteiger partial charge on any atom is -0.298 e. The summed E-state index contributed by atoms with van der Waals surface area (Å²) in [6.45, 7) is 4.31. The van der Waals surface area contributed by atoms with Gasteiger partial charge in [0, 0.05) is 25.2 Å². The normalized spacial score (nSPS) is 19.3. The Balaban J connectivity index is 1.69. The molecule has 0 saturated carbocycles. The number of H-pyrrole nitrogens is 1. The fourth-order valence-corrected chi connectivity index (χ4v) is 4.50. The first-order valence-electron chi connectivity index (χ1n) is 7.88. The van der Waals surface area contributed by atoms with Crippen LogP contribution in [-0.2, 0) is 16.6 Å². The molecule has 1 aliphatic heterocycles. The molecule has 1 atom stereocenters. The largest absolute Gasteiger partial charge is 0.298 e. The number of hydrogen-bond donors (Lipinski definition) is 2. The summed E-state index contributed by atoms with van der Waals surface area (Å²) < 4.78 is 26.8. The second kappa shape index (κ2) is 6.82. The van der Waals surface area contributed by atoms with E-state index in [4.69, 9.17) is 0 Å². The summed E-state index contributed by atoms with van der Waals surface area (Å²) in [6.07, 6.45) is 2.50. The minimum atomic E-state index is -3.20. The molecule has 1 fully saturated rings. The second-order valence-corrected chi connectivity index (χ2v) is 7.87. The Labute approximate surface area is 137 Å². The Bertz CT molecular complexity index is 742. The first kappa shape index (κ1) is 16.2. The van der Waals surface area contributed by atoms with Crippen LogP contribution >= 0.6 is 0 Å². The third kappa shape index (κ3) is 3.63. The van der Waals surface area contributed by atoms with Crippen LogP contribution in [0.5, 0.6) is 0 Å². The molecule has 124 valence electrons. The van der Waals surface area contributed by atoms with E-state index in [-0.39, 0.29) is 5.25 Å². The van der Waals surface area contributed by atoms with Crippen LogP contribution in [-0.4, -0.2) is 48.4 Å². The van der Waals surface area contributed by atoms with E-state index >= 15 is 0 Å². The van der Waals surface area contributed by atoms with Crippen molar-refractivity contribution in [3.8, 4) is 11.3 Å². The maximum Gasteiger partial charge on any atom is 0.215 e. The molecule has 0 radical (unpaired) electrons. The average molecular weight is 334 g/mol. The molecule has 2 heterocycles. The van der Waals surface area contributed by atoms with Gasteiger partial charge in [-0.1, -0.05) is 37.3 Å². The van der Waals surface area contributed by atoms with Crippen LogP contribution in [0.4, 0.5) is 0 Å². The molecule has 0 spiro atoms. The number of aromatic amines is 1. The number of benzene rings is 1. The lowest BCUT2D eigenvalue weighted by molar-refractivity contribution is 0.331. The molecule has 0 amide bonds. The molecule has 1 aromatic carbocycles. The quantitative estimate of drug-likeness (QED) is 0.841. The predicted molar refractivity (Wildman–Crippen MR) is 90.3 cm³/mol. The molecule has 1 aliphatic rings. The molecule has 1 saturated heterocycles. The molecule has 6 nitrogen and oxygen atoms in total. The van der Waals surface area contributed by atoms with E-state index in [1.54, 1.807) is 0 Å². The standard InChI is InChI=1S/C16H22N4O2S/c1-2-18-23(21,22)15-8-9-20(12-15)11-14-10-17-19-16(14)13-6-4-3-5-7-13/h3-7,10,15,18H,2,8-9,11-12H2,1H3,(H,17,19). The highest BCUT2D eigenvalue weighted by Crippen LogP contribution is 2.24. The van der Waals surface area contributed by atoms with Crippen LogP contribution in [0.3, 0.4) is 0 Å². The van der Waals surface area contributed by atoms with Crippen molar-refractivity contribution in [1.82, 2.24) is 19.8 Å². The number of nitrogens with zero attached hydrogens (tertiary/aromatic N) is 2.